The molecule has 1 amide bonds. The first-order valence-corrected chi connectivity index (χ1v) is 5.54. The van der Waals surface area contributed by atoms with Crippen LogP contribution in [0.25, 0.3) is 0 Å². The summed E-state index contributed by atoms with van der Waals surface area (Å²) >= 11 is 0. The van der Waals surface area contributed by atoms with Gasteiger partial charge in [0, 0.05) is 13.1 Å². The smallest absolute Gasteiger partial charge is 0.372 e. The molecule has 0 aromatic rings. The van der Waals surface area contributed by atoms with E-state index >= 15 is 0 Å². The normalized spacial score (nSPS) is 20.9. The summed E-state index contributed by atoms with van der Waals surface area (Å²) in [6, 6.07) is 0. The molecule has 17 heavy (non-hydrogen) atoms. The Morgan fingerprint density at radius 2 is 2.18 bits per heavy atom. The zero-order valence-electron chi connectivity index (χ0n) is 9.50. The van der Waals surface area contributed by atoms with Crippen molar-refractivity contribution >= 4 is 5.91 Å². The monoisotopic (exact) mass is 254 g/mol. The zero-order chi connectivity index (χ0) is 12.9. The van der Waals surface area contributed by atoms with Crippen LogP contribution in [0.1, 0.15) is 12.8 Å². The van der Waals surface area contributed by atoms with Crippen molar-refractivity contribution in [1.29, 1.82) is 0 Å². The van der Waals surface area contributed by atoms with Gasteiger partial charge in [0.05, 0.1) is 13.0 Å². The van der Waals surface area contributed by atoms with Gasteiger partial charge in [-0.05, 0) is 18.9 Å². The standard InChI is InChI=1S/C10H17F3N2O2/c11-10(12,13)7-17-4-2-9(16)15-3-1-8(5-14)6-15/h8H,1-7,14H2. The summed E-state index contributed by atoms with van der Waals surface area (Å²) < 4.78 is 39.6. The maximum Gasteiger partial charge on any atom is 0.411 e. The minimum absolute atomic E-state index is 0.00658. The predicted octanol–water partition coefficient (Wildman–Crippen LogP) is 0.763. The van der Waals surface area contributed by atoms with Gasteiger partial charge in [-0.3, -0.25) is 4.79 Å². The number of carbonyl (C=O) groups is 1. The molecule has 1 rings (SSSR count). The van der Waals surface area contributed by atoms with Crippen LogP contribution in [0.4, 0.5) is 13.2 Å². The van der Waals surface area contributed by atoms with Crippen LogP contribution in [-0.4, -0.2) is 49.8 Å². The van der Waals surface area contributed by atoms with Gasteiger partial charge in [0.1, 0.15) is 6.61 Å². The van der Waals surface area contributed by atoms with Gasteiger partial charge in [0.25, 0.3) is 0 Å². The molecule has 1 aliphatic rings. The summed E-state index contributed by atoms with van der Waals surface area (Å²) in [5.74, 6) is 0.151. The van der Waals surface area contributed by atoms with Crippen LogP contribution in [0.3, 0.4) is 0 Å². The van der Waals surface area contributed by atoms with Crippen LogP contribution < -0.4 is 5.73 Å². The molecular weight excluding hydrogens is 237 g/mol. The summed E-state index contributed by atoms with van der Waals surface area (Å²) in [7, 11) is 0. The number of amides is 1. The fourth-order valence-electron chi connectivity index (χ4n) is 1.76. The lowest BCUT2D eigenvalue weighted by atomic mass is 10.1. The van der Waals surface area contributed by atoms with Crippen LogP contribution in [-0.2, 0) is 9.53 Å². The molecule has 0 saturated carbocycles. The van der Waals surface area contributed by atoms with Crippen molar-refractivity contribution < 1.29 is 22.7 Å². The molecule has 0 radical (unpaired) electrons. The number of rotatable bonds is 5. The van der Waals surface area contributed by atoms with E-state index in [1.807, 2.05) is 0 Å². The molecule has 0 aromatic heterocycles. The SMILES string of the molecule is NCC1CCN(C(=O)CCOCC(F)(F)F)C1. The number of ether oxygens (including phenoxy) is 1. The van der Waals surface area contributed by atoms with E-state index in [1.165, 1.54) is 0 Å². The van der Waals surface area contributed by atoms with E-state index in [0.717, 1.165) is 6.42 Å². The summed E-state index contributed by atoms with van der Waals surface area (Å²) in [6.07, 6.45) is -3.47. The number of halogens is 3. The third-order valence-electron chi connectivity index (χ3n) is 2.70. The third-order valence-corrected chi connectivity index (χ3v) is 2.70. The van der Waals surface area contributed by atoms with Crippen molar-refractivity contribution in [3.63, 3.8) is 0 Å². The van der Waals surface area contributed by atoms with Gasteiger partial charge in [-0.1, -0.05) is 0 Å². The van der Waals surface area contributed by atoms with E-state index in [0.29, 0.717) is 25.6 Å². The van der Waals surface area contributed by atoms with Crippen molar-refractivity contribution in [2.75, 3.05) is 32.8 Å². The van der Waals surface area contributed by atoms with Crippen LogP contribution in [0.15, 0.2) is 0 Å². The maximum absolute atomic E-state index is 11.7. The highest BCUT2D eigenvalue weighted by Gasteiger charge is 2.28. The molecule has 0 spiro atoms. The first-order chi connectivity index (χ1) is 7.92. The van der Waals surface area contributed by atoms with Crippen molar-refractivity contribution in [2.45, 2.75) is 19.0 Å². The molecule has 1 unspecified atom stereocenters. The fourth-order valence-corrected chi connectivity index (χ4v) is 1.76. The van der Waals surface area contributed by atoms with E-state index in [1.54, 1.807) is 4.90 Å². The molecule has 4 nitrogen and oxygen atoms in total. The first kappa shape index (κ1) is 14.2. The lowest BCUT2D eigenvalue weighted by Gasteiger charge is -2.16. The van der Waals surface area contributed by atoms with Gasteiger partial charge in [-0.15, -0.1) is 0 Å². The molecule has 0 aromatic carbocycles. The third kappa shape index (κ3) is 5.36. The van der Waals surface area contributed by atoms with E-state index in [-0.39, 0.29) is 18.9 Å². The number of carbonyl (C=O) groups excluding carboxylic acids is 1. The minimum atomic E-state index is -4.33. The van der Waals surface area contributed by atoms with Crippen molar-refractivity contribution in [3.8, 4) is 0 Å². The van der Waals surface area contributed by atoms with E-state index in [4.69, 9.17) is 5.73 Å². The van der Waals surface area contributed by atoms with E-state index in [2.05, 4.69) is 4.74 Å². The molecular formula is C10H17F3N2O2. The highest BCUT2D eigenvalue weighted by atomic mass is 19.4. The van der Waals surface area contributed by atoms with Crippen LogP contribution in [0, 0.1) is 5.92 Å². The Morgan fingerprint density at radius 3 is 2.71 bits per heavy atom. The summed E-state index contributed by atoms with van der Waals surface area (Å²) in [5.41, 5.74) is 5.48. The zero-order valence-corrected chi connectivity index (χ0v) is 9.50. The highest BCUT2D eigenvalue weighted by Crippen LogP contribution is 2.16. The number of alkyl halides is 3. The lowest BCUT2D eigenvalue weighted by molar-refractivity contribution is -0.175. The molecule has 2 N–H and O–H groups in total. The number of nitrogens with two attached hydrogens (primary N) is 1. The fraction of sp³-hybridized carbons (Fsp3) is 0.900. The Kier molecular flexibility index (Phi) is 5.20. The van der Waals surface area contributed by atoms with Crippen molar-refractivity contribution in [3.05, 3.63) is 0 Å². The van der Waals surface area contributed by atoms with Gasteiger partial charge in [0.2, 0.25) is 5.91 Å². The predicted molar refractivity (Wildman–Crippen MR) is 55.2 cm³/mol. The summed E-state index contributed by atoms with van der Waals surface area (Å²) in [6.45, 7) is 0.288. The maximum atomic E-state index is 11.7. The molecule has 0 aliphatic carbocycles. The molecule has 1 saturated heterocycles. The lowest BCUT2D eigenvalue weighted by Crippen LogP contribution is -2.31. The number of likely N-dealkylation sites (tertiary alicyclic amines) is 1. The van der Waals surface area contributed by atoms with Gasteiger partial charge in [-0.25, -0.2) is 0 Å². The Balaban J connectivity index is 2.14. The van der Waals surface area contributed by atoms with Crippen molar-refractivity contribution in [1.82, 2.24) is 4.90 Å². The minimum Gasteiger partial charge on any atom is -0.372 e. The average molecular weight is 254 g/mol. The molecule has 0 bridgehead atoms. The highest BCUT2D eigenvalue weighted by molar-refractivity contribution is 5.76. The molecule has 7 heteroatoms. The Labute approximate surface area is 97.9 Å². The summed E-state index contributed by atoms with van der Waals surface area (Å²) in [5, 5.41) is 0. The van der Waals surface area contributed by atoms with Crippen LogP contribution in [0.2, 0.25) is 0 Å². The molecule has 1 aliphatic heterocycles. The van der Waals surface area contributed by atoms with Gasteiger partial charge in [-0.2, -0.15) is 13.2 Å². The molecule has 1 heterocycles. The average Bonchev–Trinajstić information content (AvgIpc) is 2.71. The number of hydrogen-bond acceptors (Lipinski definition) is 3. The quantitative estimate of drug-likeness (QED) is 0.737. The second-order valence-corrected chi connectivity index (χ2v) is 4.15. The second kappa shape index (κ2) is 6.20. The van der Waals surface area contributed by atoms with Gasteiger partial charge >= 0.3 is 6.18 Å². The Hall–Kier alpha value is -0.820. The molecule has 1 atom stereocenters. The Bertz CT molecular complexity index is 258. The molecule has 1 fully saturated rings. The van der Waals surface area contributed by atoms with Crippen molar-refractivity contribution in [2.24, 2.45) is 11.7 Å². The van der Waals surface area contributed by atoms with Crippen LogP contribution >= 0.6 is 0 Å². The van der Waals surface area contributed by atoms with Gasteiger partial charge < -0.3 is 15.4 Å². The topological polar surface area (TPSA) is 55.6 Å². The van der Waals surface area contributed by atoms with Gasteiger partial charge in [0.15, 0.2) is 0 Å². The summed E-state index contributed by atoms with van der Waals surface area (Å²) in [4.78, 5) is 13.2. The number of nitrogens with zero attached hydrogens (tertiary/aromatic N) is 1. The van der Waals surface area contributed by atoms with E-state index < -0.39 is 12.8 Å². The number of hydrogen-bond donors (Lipinski definition) is 1. The second-order valence-electron chi connectivity index (χ2n) is 4.15. The Morgan fingerprint density at radius 1 is 1.47 bits per heavy atom. The van der Waals surface area contributed by atoms with Crippen LogP contribution in [0.5, 0.6) is 0 Å². The largest absolute Gasteiger partial charge is 0.411 e. The van der Waals surface area contributed by atoms with E-state index in [9.17, 15) is 18.0 Å². The molecule has 100 valence electrons. The first-order valence-electron chi connectivity index (χ1n) is 5.54.